The van der Waals surface area contributed by atoms with Crippen LogP contribution in [0.25, 0.3) is 10.9 Å². The van der Waals surface area contributed by atoms with Gasteiger partial charge in [-0.05, 0) is 12.1 Å². The van der Waals surface area contributed by atoms with Gasteiger partial charge in [0.05, 0.1) is 5.52 Å². The van der Waals surface area contributed by atoms with Gasteiger partial charge in [0.2, 0.25) is 0 Å². The molecular formula is C19H23N5+2. The summed E-state index contributed by atoms with van der Waals surface area (Å²) >= 11 is 0. The smallest absolute Gasteiger partial charge is 0.330 e. The largest absolute Gasteiger partial charge is 0.383 e. The molecule has 4 rings (SSSR count). The molecule has 122 valence electrons. The average molecular weight is 321 g/mol. The summed E-state index contributed by atoms with van der Waals surface area (Å²) in [6.45, 7) is 5.43. The Labute approximate surface area is 141 Å². The van der Waals surface area contributed by atoms with Crippen LogP contribution in [0.3, 0.4) is 0 Å². The molecular weight excluding hydrogens is 298 g/mol. The molecule has 0 unspecified atom stereocenters. The van der Waals surface area contributed by atoms with E-state index >= 15 is 0 Å². The summed E-state index contributed by atoms with van der Waals surface area (Å²) < 4.78 is 0. The van der Waals surface area contributed by atoms with Gasteiger partial charge in [-0.2, -0.15) is 9.97 Å². The van der Waals surface area contributed by atoms with Crippen LogP contribution in [0.15, 0.2) is 54.6 Å². The van der Waals surface area contributed by atoms with Crippen LogP contribution in [0.1, 0.15) is 5.56 Å². The van der Waals surface area contributed by atoms with Crippen LogP contribution in [-0.4, -0.2) is 36.1 Å². The number of fused-ring (bicyclic) bond motifs is 1. The second kappa shape index (κ2) is 6.55. The molecule has 0 atom stereocenters. The van der Waals surface area contributed by atoms with Crippen molar-refractivity contribution in [2.75, 3.05) is 31.9 Å². The lowest BCUT2D eigenvalue weighted by Gasteiger charge is -2.28. The molecule has 1 saturated heterocycles. The van der Waals surface area contributed by atoms with Crippen molar-refractivity contribution in [2.45, 2.75) is 6.54 Å². The average Bonchev–Trinajstić information content (AvgIpc) is 2.63. The van der Waals surface area contributed by atoms with Gasteiger partial charge in [-0.1, -0.05) is 42.5 Å². The molecule has 0 saturated carbocycles. The maximum atomic E-state index is 6.12. The molecule has 0 amide bonds. The van der Waals surface area contributed by atoms with Crippen LogP contribution in [0.5, 0.6) is 0 Å². The SMILES string of the molecule is Nc1nc([NH+]2CC[NH+](Cc3ccccc3)CC2)nc2ccccc12. The first-order chi connectivity index (χ1) is 11.8. The lowest BCUT2D eigenvalue weighted by Crippen LogP contribution is -3.25. The highest BCUT2D eigenvalue weighted by Gasteiger charge is 2.27. The molecule has 1 aromatic heterocycles. The predicted molar refractivity (Wildman–Crippen MR) is 95.1 cm³/mol. The molecule has 24 heavy (non-hydrogen) atoms. The van der Waals surface area contributed by atoms with Gasteiger partial charge in [0.15, 0.2) is 0 Å². The summed E-state index contributed by atoms with van der Waals surface area (Å²) in [6, 6.07) is 18.7. The first kappa shape index (κ1) is 15.1. The molecule has 0 aliphatic carbocycles. The summed E-state index contributed by atoms with van der Waals surface area (Å²) in [5, 5.41) is 0.939. The highest BCUT2D eigenvalue weighted by molar-refractivity contribution is 5.88. The number of para-hydroxylation sites is 1. The number of nitrogens with one attached hydrogen (secondary N) is 2. The Morgan fingerprint density at radius 1 is 0.833 bits per heavy atom. The Bertz CT molecular complexity index is 826. The van der Waals surface area contributed by atoms with E-state index in [1.54, 1.807) is 4.90 Å². The minimum atomic E-state index is 0.585. The van der Waals surface area contributed by atoms with Crippen molar-refractivity contribution >= 4 is 22.7 Å². The Morgan fingerprint density at radius 2 is 1.54 bits per heavy atom. The van der Waals surface area contributed by atoms with Crippen molar-refractivity contribution in [2.24, 2.45) is 0 Å². The van der Waals surface area contributed by atoms with E-state index in [1.165, 1.54) is 10.5 Å². The van der Waals surface area contributed by atoms with Crippen molar-refractivity contribution in [3.63, 3.8) is 0 Å². The fourth-order valence-electron chi connectivity index (χ4n) is 3.45. The van der Waals surface area contributed by atoms with E-state index in [0.717, 1.165) is 49.6 Å². The van der Waals surface area contributed by atoms with Crippen LogP contribution in [-0.2, 0) is 6.54 Å². The third-order valence-corrected chi connectivity index (χ3v) is 4.81. The number of benzene rings is 2. The minimum absolute atomic E-state index is 0.585. The normalized spacial score (nSPS) is 21.0. The number of nitrogen functional groups attached to an aromatic ring is 1. The highest BCUT2D eigenvalue weighted by Crippen LogP contribution is 2.17. The Morgan fingerprint density at radius 3 is 2.33 bits per heavy atom. The van der Waals surface area contributed by atoms with Gasteiger partial charge < -0.3 is 10.6 Å². The lowest BCUT2D eigenvalue weighted by molar-refractivity contribution is -0.996. The molecule has 5 nitrogen and oxygen atoms in total. The van der Waals surface area contributed by atoms with Crippen LogP contribution < -0.4 is 15.5 Å². The van der Waals surface area contributed by atoms with Crippen LogP contribution in [0.2, 0.25) is 0 Å². The number of hydrogen-bond acceptors (Lipinski definition) is 3. The fourth-order valence-corrected chi connectivity index (χ4v) is 3.45. The number of anilines is 1. The summed E-state index contributed by atoms with van der Waals surface area (Å²) in [5.41, 5.74) is 8.46. The summed E-state index contributed by atoms with van der Waals surface area (Å²) in [5.74, 6) is 1.42. The van der Waals surface area contributed by atoms with E-state index < -0.39 is 0 Å². The number of nitrogens with zero attached hydrogens (tertiary/aromatic N) is 2. The van der Waals surface area contributed by atoms with Crippen molar-refractivity contribution in [1.29, 1.82) is 0 Å². The molecule has 2 aromatic carbocycles. The number of nitrogens with two attached hydrogens (primary N) is 1. The van der Waals surface area contributed by atoms with E-state index in [4.69, 9.17) is 10.7 Å². The number of quaternary nitrogens is 2. The third-order valence-electron chi connectivity index (χ3n) is 4.81. The summed E-state index contributed by atoms with van der Waals surface area (Å²) in [7, 11) is 0. The first-order valence-corrected chi connectivity index (χ1v) is 8.54. The summed E-state index contributed by atoms with van der Waals surface area (Å²) in [4.78, 5) is 12.2. The molecule has 0 spiro atoms. The highest BCUT2D eigenvalue weighted by atomic mass is 15.3. The second-order valence-corrected chi connectivity index (χ2v) is 6.47. The maximum absolute atomic E-state index is 6.12. The predicted octanol–water partition coefficient (Wildman–Crippen LogP) is -0.173. The van der Waals surface area contributed by atoms with Gasteiger partial charge in [-0.3, -0.25) is 4.90 Å². The van der Waals surface area contributed by atoms with Gasteiger partial charge >= 0.3 is 5.95 Å². The van der Waals surface area contributed by atoms with Gasteiger partial charge in [-0.15, -0.1) is 0 Å². The maximum Gasteiger partial charge on any atom is 0.330 e. The van der Waals surface area contributed by atoms with Crippen molar-refractivity contribution in [3.05, 3.63) is 60.2 Å². The van der Waals surface area contributed by atoms with Crippen LogP contribution >= 0.6 is 0 Å². The molecule has 1 aliphatic heterocycles. The Hall–Kier alpha value is -2.50. The first-order valence-electron chi connectivity index (χ1n) is 8.54. The lowest BCUT2D eigenvalue weighted by atomic mass is 10.2. The molecule has 2 heterocycles. The monoisotopic (exact) mass is 321 g/mol. The molecule has 0 bridgehead atoms. The zero-order chi connectivity index (χ0) is 16.4. The van der Waals surface area contributed by atoms with Crippen molar-refractivity contribution in [3.8, 4) is 0 Å². The standard InChI is InChI=1S/C19H21N5/c20-18-16-8-4-5-9-17(16)21-19(22-18)24-12-10-23(11-13-24)14-15-6-2-1-3-7-15/h1-9H,10-14H2,(H2,20,21,22)/p+2. The fraction of sp³-hybridized carbons (Fsp3) is 0.263. The number of rotatable bonds is 3. The van der Waals surface area contributed by atoms with E-state index in [2.05, 4.69) is 35.3 Å². The van der Waals surface area contributed by atoms with Crippen LogP contribution in [0, 0.1) is 0 Å². The molecule has 5 heteroatoms. The van der Waals surface area contributed by atoms with Crippen molar-refractivity contribution in [1.82, 2.24) is 9.97 Å². The molecule has 0 radical (unpaired) electrons. The third kappa shape index (κ3) is 3.09. The van der Waals surface area contributed by atoms with Crippen molar-refractivity contribution < 1.29 is 9.80 Å². The van der Waals surface area contributed by atoms with Gasteiger partial charge in [0, 0.05) is 10.9 Å². The zero-order valence-electron chi connectivity index (χ0n) is 13.7. The van der Waals surface area contributed by atoms with Crippen LogP contribution in [0.4, 0.5) is 11.8 Å². The molecule has 1 aliphatic rings. The number of hydrogen-bond donors (Lipinski definition) is 3. The van der Waals surface area contributed by atoms with Gasteiger partial charge in [0.1, 0.15) is 38.5 Å². The Balaban J connectivity index is 1.46. The quantitative estimate of drug-likeness (QED) is 0.628. The summed E-state index contributed by atoms with van der Waals surface area (Å²) in [6.07, 6.45) is 0. The van der Waals surface area contributed by atoms with Gasteiger partial charge in [-0.25, -0.2) is 0 Å². The zero-order valence-corrected chi connectivity index (χ0v) is 13.7. The topological polar surface area (TPSA) is 60.7 Å². The van der Waals surface area contributed by atoms with E-state index in [-0.39, 0.29) is 0 Å². The van der Waals surface area contributed by atoms with E-state index in [1.807, 2.05) is 24.3 Å². The Kier molecular flexibility index (Phi) is 4.11. The number of piperazine rings is 1. The molecule has 4 N–H and O–H groups in total. The van der Waals surface area contributed by atoms with Gasteiger partial charge in [0.25, 0.3) is 0 Å². The second-order valence-electron chi connectivity index (χ2n) is 6.47. The molecule has 1 fully saturated rings. The number of aromatic nitrogens is 2. The minimum Gasteiger partial charge on any atom is -0.383 e. The van der Waals surface area contributed by atoms with E-state index in [0.29, 0.717) is 5.82 Å². The molecule has 3 aromatic rings. The van der Waals surface area contributed by atoms with E-state index in [9.17, 15) is 0 Å².